The normalized spacial score (nSPS) is 13.0. The highest BCUT2D eigenvalue weighted by atomic mass is 79.9. The third-order valence-electron chi connectivity index (χ3n) is 2.88. The van der Waals surface area contributed by atoms with E-state index in [-0.39, 0.29) is 6.04 Å². The molecular formula is C13H20BrClN2O. The summed E-state index contributed by atoms with van der Waals surface area (Å²) in [7, 11) is 2.05. The monoisotopic (exact) mass is 334 g/mol. The van der Waals surface area contributed by atoms with Crippen molar-refractivity contribution < 1.29 is 4.74 Å². The average Bonchev–Trinajstić information content (AvgIpc) is 2.35. The van der Waals surface area contributed by atoms with Gasteiger partial charge in [0.2, 0.25) is 0 Å². The average molecular weight is 336 g/mol. The number of ether oxygens (including phenoxy) is 1. The van der Waals surface area contributed by atoms with Crippen molar-refractivity contribution in [2.75, 3.05) is 33.4 Å². The molecule has 102 valence electrons. The van der Waals surface area contributed by atoms with Crippen LogP contribution in [-0.2, 0) is 4.74 Å². The highest BCUT2D eigenvalue weighted by molar-refractivity contribution is 9.10. The molecule has 0 amide bonds. The van der Waals surface area contributed by atoms with Crippen LogP contribution in [0.2, 0.25) is 5.02 Å². The lowest BCUT2D eigenvalue weighted by Gasteiger charge is -2.27. The van der Waals surface area contributed by atoms with Gasteiger partial charge in [-0.1, -0.05) is 17.7 Å². The molecule has 0 saturated carbocycles. The van der Waals surface area contributed by atoms with Gasteiger partial charge in [-0.3, -0.25) is 4.90 Å². The molecule has 5 heteroatoms. The molecule has 3 nitrogen and oxygen atoms in total. The maximum absolute atomic E-state index is 6.12. The van der Waals surface area contributed by atoms with Crippen LogP contribution < -0.4 is 5.73 Å². The van der Waals surface area contributed by atoms with Gasteiger partial charge in [-0.05, 0) is 47.6 Å². The van der Waals surface area contributed by atoms with Crippen LogP contribution in [0.25, 0.3) is 0 Å². The lowest BCUT2D eigenvalue weighted by atomic mass is 10.1. The van der Waals surface area contributed by atoms with E-state index in [0.717, 1.165) is 23.2 Å². The minimum absolute atomic E-state index is 0.163. The lowest BCUT2D eigenvalue weighted by molar-refractivity contribution is 0.108. The third-order valence-corrected chi connectivity index (χ3v) is 4.11. The summed E-state index contributed by atoms with van der Waals surface area (Å²) < 4.78 is 6.26. The fraction of sp³-hybridized carbons (Fsp3) is 0.538. The molecule has 0 fully saturated rings. The molecule has 1 unspecified atom stereocenters. The maximum Gasteiger partial charge on any atom is 0.0593 e. The van der Waals surface area contributed by atoms with Crippen molar-refractivity contribution in [3.63, 3.8) is 0 Å². The van der Waals surface area contributed by atoms with Gasteiger partial charge in [0.05, 0.1) is 11.6 Å². The lowest BCUT2D eigenvalue weighted by Crippen LogP contribution is -2.33. The number of hydrogen-bond acceptors (Lipinski definition) is 3. The Morgan fingerprint density at radius 2 is 2.22 bits per heavy atom. The number of nitrogens with zero attached hydrogens (tertiary/aromatic N) is 1. The first kappa shape index (κ1) is 15.9. The van der Waals surface area contributed by atoms with Crippen molar-refractivity contribution in [2.24, 2.45) is 5.73 Å². The Hall–Kier alpha value is -0.130. The molecule has 1 atom stereocenters. The van der Waals surface area contributed by atoms with Gasteiger partial charge in [-0.25, -0.2) is 0 Å². The molecule has 0 spiro atoms. The molecule has 0 aliphatic heterocycles. The quantitative estimate of drug-likeness (QED) is 0.778. The fourth-order valence-electron chi connectivity index (χ4n) is 1.80. The Balaban J connectivity index is 2.72. The van der Waals surface area contributed by atoms with Gasteiger partial charge < -0.3 is 10.5 Å². The zero-order valence-corrected chi connectivity index (χ0v) is 13.2. The van der Waals surface area contributed by atoms with Gasteiger partial charge in [0.1, 0.15) is 0 Å². The highest BCUT2D eigenvalue weighted by Crippen LogP contribution is 2.27. The Bertz CT molecular complexity index is 376. The number of rotatable bonds is 7. The topological polar surface area (TPSA) is 38.5 Å². The van der Waals surface area contributed by atoms with Gasteiger partial charge in [0.15, 0.2) is 0 Å². The van der Waals surface area contributed by atoms with Crippen LogP contribution in [0.15, 0.2) is 22.7 Å². The molecule has 1 aromatic rings. The van der Waals surface area contributed by atoms with Crippen LogP contribution in [0.3, 0.4) is 0 Å². The summed E-state index contributed by atoms with van der Waals surface area (Å²) in [6.45, 7) is 4.86. The van der Waals surface area contributed by atoms with Crippen molar-refractivity contribution in [1.29, 1.82) is 0 Å². The van der Waals surface area contributed by atoms with E-state index in [0.29, 0.717) is 18.2 Å². The van der Waals surface area contributed by atoms with Crippen molar-refractivity contribution >= 4 is 27.5 Å². The molecule has 0 saturated heterocycles. The predicted molar refractivity (Wildman–Crippen MR) is 80.1 cm³/mol. The minimum Gasteiger partial charge on any atom is -0.380 e. The second kappa shape index (κ2) is 8.12. The number of likely N-dealkylation sites (N-methyl/N-ethyl adjacent to an activating group) is 1. The summed E-state index contributed by atoms with van der Waals surface area (Å²) in [5.74, 6) is 0. The SMILES string of the molecule is CCOCCN(C)C(CN)c1ccc(Br)c(Cl)c1. The zero-order chi connectivity index (χ0) is 13.5. The van der Waals surface area contributed by atoms with E-state index in [1.54, 1.807) is 0 Å². The van der Waals surface area contributed by atoms with E-state index in [1.807, 2.05) is 32.2 Å². The Kier molecular flexibility index (Phi) is 7.19. The first-order chi connectivity index (χ1) is 8.60. The molecule has 1 rings (SSSR count). The number of hydrogen-bond donors (Lipinski definition) is 1. The van der Waals surface area contributed by atoms with Crippen molar-refractivity contribution in [3.8, 4) is 0 Å². The van der Waals surface area contributed by atoms with Crippen LogP contribution in [-0.4, -0.2) is 38.3 Å². The summed E-state index contributed by atoms with van der Waals surface area (Å²) in [4.78, 5) is 2.19. The van der Waals surface area contributed by atoms with Gasteiger partial charge in [0, 0.05) is 30.2 Å². The van der Waals surface area contributed by atoms with Gasteiger partial charge in [-0.15, -0.1) is 0 Å². The third kappa shape index (κ3) is 4.52. The van der Waals surface area contributed by atoms with E-state index in [2.05, 4.69) is 20.8 Å². The molecule has 18 heavy (non-hydrogen) atoms. The molecule has 0 aromatic heterocycles. The molecule has 2 N–H and O–H groups in total. The van der Waals surface area contributed by atoms with Crippen LogP contribution in [0.1, 0.15) is 18.5 Å². The largest absolute Gasteiger partial charge is 0.380 e. The van der Waals surface area contributed by atoms with Gasteiger partial charge in [-0.2, -0.15) is 0 Å². The summed E-state index contributed by atoms with van der Waals surface area (Å²) in [6, 6.07) is 6.12. The molecule has 0 radical (unpaired) electrons. The first-order valence-corrected chi connectivity index (χ1v) is 7.20. The summed E-state index contributed by atoms with van der Waals surface area (Å²) >= 11 is 9.51. The van der Waals surface area contributed by atoms with Crippen molar-refractivity contribution in [2.45, 2.75) is 13.0 Å². The van der Waals surface area contributed by atoms with Crippen LogP contribution in [0.5, 0.6) is 0 Å². The maximum atomic E-state index is 6.12. The second-order valence-electron chi connectivity index (χ2n) is 4.10. The number of benzene rings is 1. The first-order valence-electron chi connectivity index (χ1n) is 6.03. The van der Waals surface area contributed by atoms with Crippen LogP contribution in [0.4, 0.5) is 0 Å². The highest BCUT2D eigenvalue weighted by Gasteiger charge is 2.16. The Morgan fingerprint density at radius 3 is 2.78 bits per heavy atom. The molecule has 1 aromatic carbocycles. The van der Waals surface area contributed by atoms with E-state index in [9.17, 15) is 0 Å². The molecular weight excluding hydrogens is 316 g/mol. The van der Waals surface area contributed by atoms with Crippen molar-refractivity contribution in [3.05, 3.63) is 33.3 Å². The minimum atomic E-state index is 0.163. The van der Waals surface area contributed by atoms with E-state index >= 15 is 0 Å². The number of halogens is 2. The van der Waals surface area contributed by atoms with Crippen LogP contribution in [0, 0.1) is 0 Å². The van der Waals surface area contributed by atoms with E-state index < -0.39 is 0 Å². The molecule has 0 aliphatic carbocycles. The predicted octanol–water partition coefficient (Wildman–Crippen LogP) is 3.07. The van der Waals surface area contributed by atoms with Crippen LogP contribution >= 0.6 is 27.5 Å². The second-order valence-corrected chi connectivity index (χ2v) is 5.36. The van der Waals surface area contributed by atoms with E-state index in [4.69, 9.17) is 22.1 Å². The fourth-order valence-corrected chi connectivity index (χ4v) is 2.23. The van der Waals surface area contributed by atoms with Gasteiger partial charge in [0.25, 0.3) is 0 Å². The smallest absolute Gasteiger partial charge is 0.0593 e. The molecule has 0 bridgehead atoms. The van der Waals surface area contributed by atoms with E-state index in [1.165, 1.54) is 0 Å². The molecule has 0 heterocycles. The standard InChI is InChI=1S/C13H20BrClN2O/c1-3-18-7-6-17(2)13(9-16)10-4-5-11(14)12(15)8-10/h4-5,8,13H,3,6-7,9,16H2,1-2H3. The Labute approximate surface area is 122 Å². The number of nitrogens with two attached hydrogens (primary N) is 1. The molecule has 0 aliphatic rings. The summed E-state index contributed by atoms with van der Waals surface area (Å²) in [5.41, 5.74) is 6.99. The van der Waals surface area contributed by atoms with Gasteiger partial charge >= 0.3 is 0 Å². The summed E-state index contributed by atoms with van der Waals surface area (Å²) in [6.07, 6.45) is 0. The summed E-state index contributed by atoms with van der Waals surface area (Å²) in [5, 5.41) is 0.712. The van der Waals surface area contributed by atoms with Crippen molar-refractivity contribution in [1.82, 2.24) is 4.90 Å². The Morgan fingerprint density at radius 1 is 1.50 bits per heavy atom. The zero-order valence-electron chi connectivity index (χ0n) is 10.8.